The predicted octanol–water partition coefficient (Wildman–Crippen LogP) is 3.63. The number of likely N-dealkylation sites (tertiary alicyclic amines) is 1. The maximum absolute atomic E-state index is 11.7. The molecule has 0 radical (unpaired) electrons. The van der Waals surface area contributed by atoms with Crippen LogP contribution in [0.15, 0.2) is 30.6 Å². The number of amides is 1. The van der Waals surface area contributed by atoms with Crippen LogP contribution in [0.5, 0.6) is 5.75 Å². The molecule has 2 saturated carbocycles. The van der Waals surface area contributed by atoms with E-state index in [0.29, 0.717) is 12.5 Å². The van der Waals surface area contributed by atoms with Gasteiger partial charge in [-0.15, -0.1) is 5.10 Å². The minimum atomic E-state index is -0.738. The van der Waals surface area contributed by atoms with Crippen molar-refractivity contribution in [2.24, 2.45) is 23.2 Å². The Labute approximate surface area is 176 Å². The summed E-state index contributed by atoms with van der Waals surface area (Å²) >= 11 is 0. The first kappa shape index (κ1) is 19.3. The fourth-order valence-electron chi connectivity index (χ4n) is 5.28. The lowest BCUT2D eigenvalue weighted by Gasteiger charge is -2.41. The Morgan fingerprint density at radius 3 is 2.73 bits per heavy atom. The van der Waals surface area contributed by atoms with Gasteiger partial charge in [0.05, 0.1) is 12.3 Å². The molecule has 3 fully saturated rings. The van der Waals surface area contributed by atoms with E-state index in [1.807, 2.05) is 24.3 Å². The molecule has 2 aliphatic carbocycles. The smallest absolute Gasteiger partial charge is 0.407 e. The lowest BCUT2D eigenvalue weighted by atomic mass is 9.80. The highest BCUT2D eigenvalue weighted by molar-refractivity contribution is 5.65. The van der Waals surface area contributed by atoms with E-state index < -0.39 is 6.09 Å². The first-order valence-corrected chi connectivity index (χ1v) is 11.0. The molecule has 3 aliphatic rings. The Morgan fingerprint density at radius 1 is 1.27 bits per heavy atom. The number of aromatic nitrogens is 4. The lowest BCUT2D eigenvalue weighted by molar-refractivity contribution is 0.0547. The van der Waals surface area contributed by atoms with Crippen molar-refractivity contribution in [3.8, 4) is 11.4 Å². The molecule has 1 aliphatic heterocycles. The third kappa shape index (κ3) is 3.87. The van der Waals surface area contributed by atoms with Gasteiger partial charge in [0.15, 0.2) is 0 Å². The van der Waals surface area contributed by atoms with Gasteiger partial charge in [-0.1, -0.05) is 6.92 Å². The number of piperidine rings is 1. The molecule has 160 valence electrons. The van der Waals surface area contributed by atoms with Gasteiger partial charge in [0.25, 0.3) is 0 Å². The molecule has 1 saturated heterocycles. The van der Waals surface area contributed by atoms with Crippen LogP contribution < -0.4 is 4.74 Å². The molecule has 1 amide bonds. The topological polar surface area (TPSA) is 93.4 Å². The average Bonchev–Trinajstić information content (AvgIpc) is 3.64. The van der Waals surface area contributed by atoms with Crippen LogP contribution in [0.4, 0.5) is 4.79 Å². The van der Waals surface area contributed by atoms with Crippen LogP contribution in [-0.4, -0.2) is 55.5 Å². The SMILES string of the molecule is CC1(C2CC([C@H]3C[C@H]3CCOc3ccc(-n4cnnn4)cc3)CCN2C(=O)O)CC1. The number of hydrogen-bond donors (Lipinski definition) is 1. The summed E-state index contributed by atoms with van der Waals surface area (Å²) in [7, 11) is 0. The summed E-state index contributed by atoms with van der Waals surface area (Å²) in [5.41, 5.74) is 1.13. The molecule has 8 nitrogen and oxygen atoms in total. The van der Waals surface area contributed by atoms with Crippen LogP contribution in [0, 0.1) is 23.2 Å². The normalized spacial score (nSPS) is 29.4. The number of rotatable bonds is 7. The average molecular weight is 412 g/mol. The van der Waals surface area contributed by atoms with E-state index in [4.69, 9.17) is 4.74 Å². The zero-order chi connectivity index (χ0) is 20.7. The second kappa shape index (κ2) is 7.56. The van der Waals surface area contributed by atoms with Crippen molar-refractivity contribution in [1.29, 1.82) is 0 Å². The summed E-state index contributed by atoms with van der Waals surface area (Å²) in [4.78, 5) is 13.4. The third-order valence-corrected chi connectivity index (χ3v) is 7.52. The number of tetrazole rings is 1. The second-order valence-electron chi connectivity index (χ2n) is 9.48. The van der Waals surface area contributed by atoms with Gasteiger partial charge >= 0.3 is 6.09 Å². The van der Waals surface area contributed by atoms with Gasteiger partial charge in [-0.3, -0.25) is 0 Å². The van der Waals surface area contributed by atoms with Crippen LogP contribution in [0.25, 0.3) is 5.69 Å². The van der Waals surface area contributed by atoms with Crippen molar-refractivity contribution >= 4 is 6.09 Å². The van der Waals surface area contributed by atoms with E-state index in [1.54, 1.807) is 15.9 Å². The fraction of sp³-hybridized carbons (Fsp3) is 0.636. The zero-order valence-corrected chi connectivity index (χ0v) is 17.4. The van der Waals surface area contributed by atoms with Gasteiger partial charge in [-0.25, -0.2) is 9.48 Å². The van der Waals surface area contributed by atoms with E-state index in [1.165, 1.54) is 19.3 Å². The standard InChI is InChI=1S/C22H29N5O3/c1-22(8-9-22)20-13-15(6-10-26(20)21(28)29)19-12-16(19)7-11-30-18-4-2-17(3-5-18)27-14-23-24-25-27/h2-5,14-16,19-20H,6-13H2,1H3,(H,28,29)/t15?,16-,19-,20?/m1/s1. The molecular weight excluding hydrogens is 382 g/mol. The van der Waals surface area contributed by atoms with E-state index in [2.05, 4.69) is 22.4 Å². The Kier molecular flexibility index (Phi) is 4.87. The van der Waals surface area contributed by atoms with E-state index >= 15 is 0 Å². The number of carbonyl (C=O) groups is 1. The lowest BCUT2D eigenvalue weighted by Crippen LogP contribution is -2.49. The molecule has 0 spiro atoms. The van der Waals surface area contributed by atoms with Crippen molar-refractivity contribution in [1.82, 2.24) is 25.1 Å². The third-order valence-electron chi connectivity index (χ3n) is 7.52. The van der Waals surface area contributed by atoms with Gasteiger partial charge in [-0.05, 0) is 96.4 Å². The Bertz CT molecular complexity index is 881. The van der Waals surface area contributed by atoms with Gasteiger partial charge in [0.2, 0.25) is 0 Å². The molecule has 8 heteroatoms. The monoisotopic (exact) mass is 411 g/mol. The Hall–Kier alpha value is -2.64. The summed E-state index contributed by atoms with van der Waals surface area (Å²) in [6.07, 6.45) is 7.56. The van der Waals surface area contributed by atoms with Crippen molar-refractivity contribution in [3.05, 3.63) is 30.6 Å². The molecule has 5 rings (SSSR count). The number of nitrogens with zero attached hydrogens (tertiary/aromatic N) is 5. The highest BCUT2D eigenvalue weighted by Crippen LogP contribution is 2.57. The number of benzene rings is 1. The van der Waals surface area contributed by atoms with E-state index in [-0.39, 0.29) is 11.5 Å². The molecule has 2 heterocycles. The number of carboxylic acid groups (broad SMARTS) is 1. The zero-order valence-electron chi connectivity index (χ0n) is 17.4. The molecule has 4 atom stereocenters. The molecule has 1 aromatic carbocycles. The molecule has 0 bridgehead atoms. The minimum Gasteiger partial charge on any atom is -0.494 e. The highest BCUT2D eigenvalue weighted by Gasteiger charge is 2.53. The molecule has 2 aromatic rings. The number of hydrogen-bond acceptors (Lipinski definition) is 5. The maximum atomic E-state index is 11.7. The molecule has 1 N–H and O–H groups in total. The molecule has 30 heavy (non-hydrogen) atoms. The maximum Gasteiger partial charge on any atom is 0.407 e. The predicted molar refractivity (Wildman–Crippen MR) is 109 cm³/mol. The van der Waals surface area contributed by atoms with Crippen LogP contribution in [0.1, 0.15) is 45.4 Å². The molecule has 1 aromatic heterocycles. The van der Waals surface area contributed by atoms with Crippen LogP contribution in [0.2, 0.25) is 0 Å². The first-order valence-electron chi connectivity index (χ1n) is 11.0. The second-order valence-corrected chi connectivity index (χ2v) is 9.48. The van der Waals surface area contributed by atoms with Crippen molar-refractivity contribution in [3.63, 3.8) is 0 Å². The first-order chi connectivity index (χ1) is 14.5. The van der Waals surface area contributed by atoms with Gasteiger partial charge in [-0.2, -0.15) is 0 Å². The summed E-state index contributed by atoms with van der Waals surface area (Å²) in [6, 6.07) is 8.00. The van der Waals surface area contributed by atoms with E-state index in [9.17, 15) is 9.90 Å². The van der Waals surface area contributed by atoms with Gasteiger partial charge < -0.3 is 14.7 Å². The number of ether oxygens (including phenoxy) is 1. The summed E-state index contributed by atoms with van der Waals surface area (Å²) in [6.45, 7) is 3.69. The van der Waals surface area contributed by atoms with Crippen LogP contribution in [0.3, 0.4) is 0 Å². The highest BCUT2D eigenvalue weighted by atomic mass is 16.5. The Morgan fingerprint density at radius 2 is 2.07 bits per heavy atom. The minimum absolute atomic E-state index is 0.213. The van der Waals surface area contributed by atoms with Crippen LogP contribution >= 0.6 is 0 Å². The summed E-state index contributed by atoms with van der Waals surface area (Å²) in [5, 5.41) is 20.8. The summed E-state index contributed by atoms with van der Waals surface area (Å²) < 4.78 is 7.57. The van der Waals surface area contributed by atoms with E-state index in [0.717, 1.165) is 49.1 Å². The van der Waals surface area contributed by atoms with Crippen molar-refractivity contribution in [2.75, 3.05) is 13.2 Å². The Balaban J connectivity index is 1.09. The fourth-order valence-corrected chi connectivity index (χ4v) is 5.28. The van der Waals surface area contributed by atoms with Gasteiger partial charge in [0, 0.05) is 12.6 Å². The quantitative estimate of drug-likeness (QED) is 0.748. The molecule has 2 unspecified atom stereocenters. The van der Waals surface area contributed by atoms with Crippen molar-refractivity contribution < 1.29 is 14.6 Å². The summed E-state index contributed by atoms with van der Waals surface area (Å²) in [5.74, 6) is 3.00. The van der Waals surface area contributed by atoms with Crippen molar-refractivity contribution in [2.45, 2.75) is 51.5 Å². The van der Waals surface area contributed by atoms with Crippen LogP contribution in [-0.2, 0) is 0 Å². The largest absolute Gasteiger partial charge is 0.494 e. The van der Waals surface area contributed by atoms with Gasteiger partial charge in [0.1, 0.15) is 12.1 Å². The molecular formula is C22H29N5O3.